The standard InChI is InChI=1S/C25H26F2N4S/c1-17-16-18(2)31(30-17)14-4-3-5-15-32-25-28-23(19-6-10-21(26)11-7-19)24(29-25)20-8-12-22(27)13-9-20/h6-13,16H,3-5,14-15H2,1-2H3,(H,28,29). The summed E-state index contributed by atoms with van der Waals surface area (Å²) in [5, 5.41) is 5.31. The molecule has 0 radical (unpaired) electrons. The summed E-state index contributed by atoms with van der Waals surface area (Å²) in [5.41, 5.74) is 5.47. The predicted molar refractivity (Wildman–Crippen MR) is 126 cm³/mol. The number of imidazole rings is 1. The lowest BCUT2D eigenvalue weighted by Gasteiger charge is -2.04. The van der Waals surface area contributed by atoms with E-state index in [1.54, 1.807) is 36.0 Å². The number of unbranched alkanes of at least 4 members (excludes halogenated alkanes) is 2. The van der Waals surface area contributed by atoms with Gasteiger partial charge in [0.05, 0.1) is 17.1 Å². The molecule has 0 spiro atoms. The van der Waals surface area contributed by atoms with Crippen LogP contribution in [0, 0.1) is 25.5 Å². The Bertz CT molecular complexity index is 1100. The van der Waals surface area contributed by atoms with Crippen molar-refractivity contribution in [2.45, 2.75) is 44.8 Å². The SMILES string of the molecule is Cc1cc(C)n(CCCCCSc2nc(-c3ccc(F)cc3)c(-c3ccc(F)cc3)[nH]2)n1. The second kappa shape index (κ2) is 10.1. The van der Waals surface area contributed by atoms with Gasteiger partial charge in [0.15, 0.2) is 5.16 Å². The van der Waals surface area contributed by atoms with Gasteiger partial charge in [-0.2, -0.15) is 5.10 Å². The van der Waals surface area contributed by atoms with Crippen molar-refractivity contribution in [1.29, 1.82) is 0 Å². The zero-order valence-corrected chi connectivity index (χ0v) is 19.1. The van der Waals surface area contributed by atoms with Crippen LogP contribution in [0.15, 0.2) is 59.8 Å². The molecule has 0 amide bonds. The Morgan fingerprint density at radius 3 is 2.16 bits per heavy atom. The Morgan fingerprint density at radius 2 is 1.53 bits per heavy atom. The molecule has 0 bridgehead atoms. The molecule has 4 aromatic rings. The second-order valence-electron chi connectivity index (χ2n) is 7.84. The van der Waals surface area contributed by atoms with Crippen LogP contribution in [-0.4, -0.2) is 25.5 Å². The first kappa shape index (κ1) is 22.3. The van der Waals surface area contributed by atoms with E-state index in [-0.39, 0.29) is 11.6 Å². The molecule has 4 nitrogen and oxygen atoms in total. The minimum Gasteiger partial charge on any atom is -0.332 e. The Morgan fingerprint density at radius 1 is 0.875 bits per heavy atom. The molecule has 2 aromatic carbocycles. The van der Waals surface area contributed by atoms with Crippen LogP contribution in [0.3, 0.4) is 0 Å². The molecule has 0 fully saturated rings. The number of H-pyrrole nitrogens is 1. The number of aromatic amines is 1. The molecule has 2 heterocycles. The number of aryl methyl sites for hydroxylation is 3. The summed E-state index contributed by atoms with van der Waals surface area (Å²) in [5.74, 6) is 0.366. The molecule has 0 aliphatic carbocycles. The van der Waals surface area contributed by atoms with E-state index < -0.39 is 0 Å². The van der Waals surface area contributed by atoms with Gasteiger partial charge in [-0.25, -0.2) is 13.8 Å². The summed E-state index contributed by atoms with van der Waals surface area (Å²) in [7, 11) is 0. The minimum absolute atomic E-state index is 0.285. The van der Waals surface area contributed by atoms with Crippen LogP contribution in [0.4, 0.5) is 8.78 Å². The van der Waals surface area contributed by atoms with Gasteiger partial charge in [-0.05, 0) is 81.3 Å². The highest BCUT2D eigenvalue weighted by Gasteiger charge is 2.15. The lowest BCUT2D eigenvalue weighted by molar-refractivity contribution is 0.541. The van der Waals surface area contributed by atoms with Gasteiger partial charge in [-0.3, -0.25) is 4.68 Å². The summed E-state index contributed by atoms with van der Waals surface area (Å²) in [4.78, 5) is 8.14. The zero-order chi connectivity index (χ0) is 22.5. The first-order valence-electron chi connectivity index (χ1n) is 10.8. The summed E-state index contributed by atoms with van der Waals surface area (Å²) in [6, 6.07) is 14.7. The lowest BCUT2D eigenvalue weighted by Crippen LogP contribution is -2.02. The molecule has 7 heteroatoms. The smallest absolute Gasteiger partial charge is 0.166 e. The maximum Gasteiger partial charge on any atom is 0.166 e. The van der Waals surface area contributed by atoms with Gasteiger partial charge in [0.1, 0.15) is 11.6 Å². The number of nitrogens with zero attached hydrogens (tertiary/aromatic N) is 3. The highest BCUT2D eigenvalue weighted by molar-refractivity contribution is 7.99. The molecule has 0 atom stereocenters. The molecule has 2 aromatic heterocycles. The average Bonchev–Trinajstić information content (AvgIpc) is 3.34. The largest absolute Gasteiger partial charge is 0.332 e. The van der Waals surface area contributed by atoms with Crippen LogP contribution >= 0.6 is 11.8 Å². The molecule has 32 heavy (non-hydrogen) atoms. The van der Waals surface area contributed by atoms with E-state index >= 15 is 0 Å². The molecular weight excluding hydrogens is 426 g/mol. The number of hydrogen-bond acceptors (Lipinski definition) is 3. The van der Waals surface area contributed by atoms with Crippen LogP contribution in [0.2, 0.25) is 0 Å². The van der Waals surface area contributed by atoms with Crippen molar-refractivity contribution in [3.8, 4) is 22.5 Å². The zero-order valence-electron chi connectivity index (χ0n) is 18.2. The Labute approximate surface area is 191 Å². The molecule has 166 valence electrons. The maximum atomic E-state index is 13.4. The number of benzene rings is 2. The summed E-state index contributed by atoms with van der Waals surface area (Å²) < 4.78 is 28.9. The van der Waals surface area contributed by atoms with Crippen LogP contribution in [0.1, 0.15) is 30.7 Å². The van der Waals surface area contributed by atoms with Gasteiger partial charge < -0.3 is 4.98 Å². The van der Waals surface area contributed by atoms with Gasteiger partial charge in [0.25, 0.3) is 0 Å². The Hall–Kier alpha value is -2.93. The highest BCUT2D eigenvalue weighted by Crippen LogP contribution is 2.33. The molecule has 0 saturated heterocycles. The van der Waals surface area contributed by atoms with Crippen LogP contribution in [0.25, 0.3) is 22.5 Å². The Balaban J connectivity index is 1.40. The third-order valence-corrected chi connectivity index (χ3v) is 6.25. The van der Waals surface area contributed by atoms with Crippen LogP contribution in [0.5, 0.6) is 0 Å². The average molecular weight is 453 g/mol. The molecule has 0 aliphatic rings. The fourth-order valence-electron chi connectivity index (χ4n) is 3.67. The van der Waals surface area contributed by atoms with E-state index in [0.29, 0.717) is 0 Å². The van der Waals surface area contributed by atoms with E-state index in [1.807, 2.05) is 6.92 Å². The fraction of sp³-hybridized carbons (Fsp3) is 0.280. The molecule has 0 aliphatic heterocycles. The summed E-state index contributed by atoms with van der Waals surface area (Å²) in [6.45, 7) is 5.04. The molecule has 0 saturated carbocycles. The number of rotatable bonds is 9. The van der Waals surface area contributed by atoms with E-state index in [1.165, 1.54) is 30.0 Å². The molecule has 0 unspecified atom stereocenters. The number of nitrogens with one attached hydrogen (secondary N) is 1. The van der Waals surface area contributed by atoms with Crippen LogP contribution < -0.4 is 0 Å². The first-order chi connectivity index (χ1) is 15.5. The number of thioether (sulfide) groups is 1. The predicted octanol–water partition coefficient (Wildman–Crippen LogP) is 6.80. The molecule has 4 rings (SSSR count). The number of aromatic nitrogens is 4. The van der Waals surface area contributed by atoms with E-state index in [0.717, 1.165) is 64.9 Å². The lowest BCUT2D eigenvalue weighted by atomic mass is 10.1. The first-order valence-corrected chi connectivity index (χ1v) is 11.7. The Kier molecular flexibility index (Phi) is 7.05. The van der Waals surface area contributed by atoms with Gasteiger partial charge in [0.2, 0.25) is 0 Å². The van der Waals surface area contributed by atoms with Crippen molar-refractivity contribution in [3.63, 3.8) is 0 Å². The van der Waals surface area contributed by atoms with Gasteiger partial charge in [0, 0.05) is 29.1 Å². The maximum absolute atomic E-state index is 13.4. The fourth-order valence-corrected chi connectivity index (χ4v) is 4.54. The van der Waals surface area contributed by atoms with Crippen LogP contribution in [-0.2, 0) is 6.54 Å². The molecular formula is C25H26F2N4S. The second-order valence-corrected chi connectivity index (χ2v) is 8.92. The van der Waals surface area contributed by atoms with Crippen molar-refractivity contribution >= 4 is 11.8 Å². The van der Waals surface area contributed by atoms with E-state index in [4.69, 9.17) is 4.98 Å². The van der Waals surface area contributed by atoms with Gasteiger partial charge in [-0.15, -0.1) is 0 Å². The van der Waals surface area contributed by atoms with E-state index in [2.05, 4.69) is 27.8 Å². The van der Waals surface area contributed by atoms with Crippen molar-refractivity contribution in [2.24, 2.45) is 0 Å². The summed E-state index contributed by atoms with van der Waals surface area (Å²) >= 11 is 1.67. The van der Waals surface area contributed by atoms with Crippen molar-refractivity contribution in [2.75, 3.05) is 5.75 Å². The van der Waals surface area contributed by atoms with Crippen molar-refractivity contribution in [3.05, 3.63) is 77.6 Å². The van der Waals surface area contributed by atoms with Gasteiger partial charge in [-0.1, -0.05) is 18.2 Å². The topological polar surface area (TPSA) is 46.5 Å². The summed E-state index contributed by atoms with van der Waals surface area (Å²) in [6.07, 6.45) is 3.27. The number of halogens is 2. The third kappa shape index (κ3) is 5.46. The third-order valence-electron chi connectivity index (χ3n) is 5.29. The minimum atomic E-state index is -0.289. The van der Waals surface area contributed by atoms with Crippen molar-refractivity contribution in [1.82, 2.24) is 19.7 Å². The van der Waals surface area contributed by atoms with Crippen molar-refractivity contribution < 1.29 is 8.78 Å². The molecule has 1 N–H and O–H groups in total. The normalized spacial score (nSPS) is 11.2. The monoisotopic (exact) mass is 452 g/mol. The van der Waals surface area contributed by atoms with Gasteiger partial charge >= 0.3 is 0 Å². The number of hydrogen-bond donors (Lipinski definition) is 1. The highest BCUT2D eigenvalue weighted by atomic mass is 32.2. The van der Waals surface area contributed by atoms with E-state index in [9.17, 15) is 8.78 Å². The quantitative estimate of drug-likeness (QED) is 0.224.